The Balaban J connectivity index is 1.82. The molecule has 0 aliphatic rings. The van der Waals surface area contributed by atoms with E-state index in [1.165, 1.54) is 9.79 Å². The minimum atomic E-state index is -0.731. The highest BCUT2D eigenvalue weighted by atomic mass is 79.9. The van der Waals surface area contributed by atoms with Gasteiger partial charge in [-0.2, -0.15) is 0 Å². The van der Waals surface area contributed by atoms with E-state index in [1.54, 1.807) is 13.8 Å². The van der Waals surface area contributed by atoms with Gasteiger partial charge in [0, 0.05) is 6.07 Å². The molecule has 0 bridgehead atoms. The summed E-state index contributed by atoms with van der Waals surface area (Å²) in [5, 5.41) is 0. The van der Waals surface area contributed by atoms with Crippen LogP contribution >= 0.6 is 15.9 Å². The van der Waals surface area contributed by atoms with Crippen molar-refractivity contribution in [2.45, 2.75) is 32.9 Å². The van der Waals surface area contributed by atoms with Crippen LogP contribution in [-0.4, -0.2) is 17.1 Å². The number of ether oxygens (including phenoxy) is 2. The standard InChI is InChI=1S/C23H22BrO3S/c1-23(2,24)22(25)27-17-26-18-10-9-15-21(16-18)28(19-11-5-3-6-12-19)20-13-7-4-8-14-20/h3-16H,17H2,1-2H3/q+1. The van der Waals surface area contributed by atoms with Gasteiger partial charge in [0.25, 0.3) is 0 Å². The normalized spacial score (nSPS) is 11.3. The van der Waals surface area contributed by atoms with E-state index in [0.29, 0.717) is 5.75 Å². The second kappa shape index (κ2) is 9.30. The van der Waals surface area contributed by atoms with Crippen molar-refractivity contribution in [1.82, 2.24) is 0 Å². The van der Waals surface area contributed by atoms with E-state index in [4.69, 9.17) is 9.47 Å². The van der Waals surface area contributed by atoms with Crippen LogP contribution < -0.4 is 4.74 Å². The minimum absolute atomic E-state index is 0.123. The van der Waals surface area contributed by atoms with E-state index in [1.807, 2.05) is 30.3 Å². The van der Waals surface area contributed by atoms with Gasteiger partial charge < -0.3 is 9.47 Å². The molecule has 3 aromatic rings. The SMILES string of the molecule is CC(C)(Br)C(=O)OCOc1cccc([S+](c2ccccc2)c2ccccc2)c1. The first-order valence-corrected chi connectivity index (χ1v) is 10.9. The third-order valence-electron chi connectivity index (χ3n) is 3.90. The Kier molecular flexibility index (Phi) is 6.81. The third kappa shape index (κ3) is 5.40. The number of carbonyl (C=O) groups is 1. The average Bonchev–Trinajstić information content (AvgIpc) is 2.69. The van der Waals surface area contributed by atoms with E-state index in [2.05, 4.69) is 70.5 Å². The molecule has 0 aliphatic heterocycles. The molecule has 0 amide bonds. The molecule has 0 fully saturated rings. The number of hydrogen-bond donors (Lipinski definition) is 0. The van der Waals surface area contributed by atoms with Gasteiger partial charge in [-0.1, -0.05) is 58.4 Å². The van der Waals surface area contributed by atoms with Gasteiger partial charge in [-0.3, -0.25) is 4.79 Å². The van der Waals surface area contributed by atoms with Crippen LogP contribution in [0, 0.1) is 0 Å². The third-order valence-corrected chi connectivity index (χ3v) is 6.44. The van der Waals surface area contributed by atoms with Crippen LogP contribution in [0.2, 0.25) is 0 Å². The molecule has 0 unspecified atom stereocenters. The lowest BCUT2D eigenvalue weighted by Crippen LogP contribution is -2.28. The van der Waals surface area contributed by atoms with Crippen LogP contribution in [0.25, 0.3) is 0 Å². The van der Waals surface area contributed by atoms with Crippen molar-refractivity contribution in [3.05, 3.63) is 84.9 Å². The summed E-state index contributed by atoms with van der Waals surface area (Å²) in [6.07, 6.45) is 0. The zero-order chi connectivity index (χ0) is 20.0. The fourth-order valence-electron chi connectivity index (χ4n) is 2.54. The first-order chi connectivity index (χ1) is 13.4. The highest BCUT2D eigenvalue weighted by molar-refractivity contribution is 9.10. The van der Waals surface area contributed by atoms with Crippen molar-refractivity contribution < 1.29 is 14.3 Å². The molecule has 0 spiro atoms. The van der Waals surface area contributed by atoms with Gasteiger partial charge >= 0.3 is 5.97 Å². The number of halogens is 1. The first kappa shape index (κ1) is 20.5. The molecule has 3 rings (SSSR count). The number of benzene rings is 3. The molecule has 28 heavy (non-hydrogen) atoms. The van der Waals surface area contributed by atoms with Crippen molar-refractivity contribution >= 4 is 32.8 Å². The highest BCUT2D eigenvalue weighted by Gasteiger charge is 2.29. The van der Waals surface area contributed by atoms with Crippen LogP contribution in [-0.2, 0) is 20.4 Å². The van der Waals surface area contributed by atoms with E-state index in [-0.39, 0.29) is 23.7 Å². The summed E-state index contributed by atoms with van der Waals surface area (Å²) in [7, 11) is -0.249. The summed E-state index contributed by atoms with van der Waals surface area (Å²) < 4.78 is 10.1. The molecular weight excluding hydrogens is 436 g/mol. The number of carbonyl (C=O) groups excluding carboxylic acids is 1. The van der Waals surface area contributed by atoms with E-state index < -0.39 is 4.32 Å². The van der Waals surface area contributed by atoms with Crippen molar-refractivity contribution in [2.75, 3.05) is 6.79 Å². The summed E-state index contributed by atoms with van der Waals surface area (Å²) in [5.41, 5.74) is 0. The smallest absolute Gasteiger partial charge is 0.325 e. The predicted molar refractivity (Wildman–Crippen MR) is 116 cm³/mol. The molecule has 0 radical (unpaired) electrons. The van der Waals surface area contributed by atoms with Crippen LogP contribution in [0.5, 0.6) is 5.75 Å². The molecule has 0 aliphatic carbocycles. The van der Waals surface area contributed by atoms with Gasteiger partial charge in [0.2, 0.25) is 6.79 Å². The molecule has 144 valence electrons. The fourth-order valence-corrected chi connectivity index (χ4v) is 4.77. The summed E-state index contributed by atoms with van der Waals surface area (Å²) >= 11 is 3.28. The Morgan fingerprint density at radius 1 is 0.857 bits per heavy atom. The van der Waals surface area contributed by atoms with Gasteiger partial charge in [0.15, 0.2) is 14.7 Å². The maximum absolute atomic E-state index is 11.9. The zero-order valence-electron chi connectivity index (χ0n) is 15.8. The van der Waals surface area contributed by atoms with Crippen LogP contribution in [0.3, 0.4) is 0 Å². The fraction of sp³-hybridized carbons (Fsp3) is 0.174. The molecule has 0 saturated heterocycles. The monoisotopic (exact) mass is 457 g/mol. The lowest BCUT2D eigenvalue weighted by Gasteiger charge is -2.15. The topological polar surface area (TPSA) is 35.5 Å². The molecule has 5 heteroatoms. The summed E-state index contributed by atoms with van der Waals surface area (Å²) in [4.78, 5) is 15.5. The Hall–Kier alpha value is -2.24. The molecule has 0 heterocycles. The first-order valence-electron chi connectivity index (χ1n) is 8.88. The number of alkyl halides is 1. The van der Waals surface area contributed by atoms with Crippen molar-refractivity contribution in [3.8, 4) is 5.75 Å². The number of rotatable bonds is 7. The Morgan fingerprint density at radius 2 is 1.39 bits per heavy atom. The molecule has 0 atom stereocenters. The number of hydrogen-bond acceptors (Lipinski definition) is 3. The second-order valence-electron chi connectivity index (χ2n) is 6.57. The van der Waals surface area contributed by atoms with Gasteiger partial charge in [0.05, 0.1) is 10.9 Å². The van der Waals surface area contributed by atoms with Gasteiger partial charge in [-0.15, -0.1) is 0 Å². The van der Waals surface area contributed by atoms with Gasteiger partial charge in [-0.05, 0) is 50.2 Å². The van der Waals surface area contributed by atoms with Crippen molar-refractivity contribution in [3.63, 3.8) is 0 Å². The van der Waals surface area contributed by atoms with E-state index >= 15 is 0 Å². The maximum atomic E-state index is 11.9. The van der Waals surface area contributed by atoms with Crippen molar-refractivity contribution in [2.24, 2.45) is 0 Å². The maximum Gasteiger partial charge on any atom is 0.325 e. The quantitative estimate of drug-likeness (QED) is 0.193. The lowest BCUT2D eigenvalue weighted by molar-refractivity contribution is -0.152. The molecule has 0 aromatic heterocycles. The average molecular weight is 458 g/mol. The number of esters is 1. The van der Waals surface area contributed by atoms with E-state index in [9.17, 15) is 4.79 Å². The molecule has 3 nitrogen and oxygen atoms in total. The summed E-state index contributed by atoms with van der Waals surface area (Å²) in [5.74, 6) is 0.305. The molecule has 0 saturated carbocycles. The predicted octanol–water partition coefficient (Wildman–Crippen LogP) is 5.84. The second-order valence-corrected chi connectivity index (χ2v) is 10.6. The van der Waals surface area contributed by atoms with Crippen molar-refractivity contribution in [1.29, 1.82) is 0 Å². The van der Waals surface area contributed by atoms with Gasteiger partial charge in [-0.25, -0.2) is 0 Å². The summed E-state index contributed by atoms with van der Waals surface area (Å²) in [6.45, 7) is 3.35. The minimum Gasteiger partial charge on any atom is -0.457 e. The Morgan fingerprint density at radius 3 is 1.93 bits per heavy atom. The summed E-state index contributed by atoms with van der Waals surface area (Å²) in [6, 6.07) is 28.8. The van der Waals surface area contributed by atoms with Crippen LogP contribution in [0.15, 0.2) is 99.6 Å². The Labute approximate surface area is 177 Å². The largest absolute Gasteiger partial charge is 0.457 e. The highest BCUT2D eigenvalue weighted by Crippen LogP contribution is 2.32. The van der Waals surface area contributed by atoms with E-state index in [0.717, 1.165) is 4.90 Å². The van der Waals surface area contributed by atoms with Gasteiger partial charge in [0.1, 0.15) is 10.1 Å². The Bertz CT molecular complexity index is 868. The lowest BCUT2D eigenvalue weighted by atomic mass is 10.2. The molecular formula is C23H22BrO3S+. The van der Waals surface area contributed by atoms with Crippen LogP contribution in [0.1, 0.15) is 13.8 Å². The molecule has 0 N–H and O–H groups in total. The van der Waals surface area contributed by atoms with Crippen LogP contribution in [0.4, 0.5) is 0 Å². The zero-order valence-corrected chi connectivity index (χ0v) is 18.2. The molecule has 3 aromatic carbocycles.